The Morgan fingerprint density at radius 2 is 2.12 bits per heavy atom. The van der Waals surface area contributed by atoms with E-state index in [1.807, 2.05) is 0 Å². The molecule has 0 saturated carbocycles. The number of carbonyl (C=O) groups excluding carboxylic acids is 1. The van der Waals surface area contributed by atoms with E-state index in [4.69, 9.17) is 0 Å². The zero-order valence-corrected chi connectivity index (χ0v) is 11.6. The van der Waals surface area contributed by atoms with E-state index in [9.17, 15) is 13.2 Å². The first-order chi connectivity index (χ1) is 7.85. The molecule has 1 unspecified atom stereocenters. The molecule has 1 N–H and O–H groups in total. The van der Waals surface area contributed by atoms with Crippen LogP contribution < -0.4 is 5.32 Å². The third-order valence-electron chi connectivity index (χ3n) is 2.96. The minimum absolute atomic E-state index is 0.00181. The van der Waals surface area contributed by atoms with E-state index in [0.717, 1.165) is 6.42 Å². The molecule has 1 saturated heterocycles. The van der Waals surface area contributed by atoms with Gasteiger partial charge in [-0.25, -0.2) is 8.42 Å². The second kappa shape index (κ2) is 5.82. The van der Waals surface area contributed by atoms with Crippen molar-refractivity contribution in [1.29, 1.82) is 0 Å². The topological polar surface area (TPSA) is 66.5 Å². The van der Waals surface area contributed by atoms with Crippen LogP contribution in [0.2, 0.25) is 0 Å². The van der Waals surface area contributed by atoms with Crippen molar-refractivity contribution < 1.29 is 13.2 Å². The molecular weight excluding hydrogens is 240 g/mol. The Balaban J connectivity index is 2.57. The number of hydrogen-bond acceptors (Lipinski definition) is 4. The van der Waals surface area contributed by atoms with Crippen LogP contribution in [0, 0.1) is 5.92 Å². The summed E-state index contributed by atoms with van der Waals surface area (Å²) in [5.41, 5.74) is 0. The average molecular weight is 262 g/mol. The molecule has 1 amide bonds. The van der Waals surface area contributed by atoms with Gasteiger partial charge >= 0.3 is 0 Å². The highest BCUT2D eigenvalue weighted by atomic mass is 32.2. The van der Waals surface area contributed by atoms with Crippen LogP contribution in [0.5, 0.6) is 0 Å². The molecule has 5 nitrogen and oxygen atoms in total. The monoisotopic (exact) mass is 262 g/mol. The predicted molar refractivity (Wildman–Crippen MR) is 67.3 cm³/mol. The van der Waals surface area contributed by atoms with Crippen molar-refractivity contribution >= 4 is 15.7 Å². The molecule has 1 heterocycles. The van der Waals surface area contributed by atoms with E-state index in [2.05, 4.69) is 19.2 Å². The molecule has 1 aliphatic heterocycles. The van der Waals surface area contributed by atoms with Crippen molar-refractivity contribution in [2.24, 2.45) is 5.92 Å². The van der Waals surface area contributed by atoms with Crippen molar-refractivity contribution in [3.05, 3.63) is 0 Å². The maximum atomic E-state index is 11.6. The lowest BCUT2D eigenvalue weighted by molar-refractivity contribution is -0.127. The number of amides is 1. The zero-order valence-electron chi connectivity index (χ0n) is 10.8. The van der Waals surface area contributed by atoms with Crippen LogP contribution in [0.25, 0.3) is 0 Å². The Kier molecular flexibility index (Phi) is 4.94. The number of hydrogen-bond donors (Lipinski definition) is 1. The highest BCUT2D eigenvalue weighted by molar-refractivity contribution is 7.91. The maximum absolute atomic E-state index is 11.6. The minimum atomic E-state index is -3.00. The molecule has 1 atom stereocenters. The summed E-state index contributed by atoms with van der Waals surface area (Å²) in [7, 11) is -3.00. The third kappa shape index (κ3) is 4.27. The molecule has 100 valence electrons. The number of carbonyl (C=O) groups is 1. The van der Waals surface area contributed by atoms with Crippen molar-refractivity contribution in [2.75, 3.05) is 24.6 Å². The quantitative estimate of drug-likeness (QED) is 0.744. The summed E-state index contributed by atoms with van der Waals surface area (Å²) in [6, 6.07) is 0. The van der Waals surface area contributed by atoms with Gasteiger partial charge in [-0.3, -0.25) is 10.1 Å². The van der Waals surface area contributed by atoms with Gasteiger partial charge in [0.1, 0.15) is 0 Å². The number of nitrogens with zero attached hydrogens (tertiary/aromatic N) is 1. The SMILES string of the molecule is CCS(=O)(=O)CCN1C(=O)CNC1CC(C)C. The minimum Gasteiger partial charge on any atom is -0.325 e. The van der Waals surface area contributed by atoms with Gasteiger partial charge in [0.2, 0.25) is 5.91 Å². The molecule has 1 rings (SSSR count). The number of nitrogens with one attached hydrogen (secondary N) is 1. The Labute approximate surface area is 103 Å². The normalized spacial score (nSPS) is 21.5. The molecule has 1 aliphatic rings. The summed E-state index contributed by atoms with van der Waals surface area (Å²) < 4.78 is 22.9. The van der Waals surface area contributed by atoms with Crippen LogP contribution in [0.4, 0.5) is 0 Å². The summed E-state index contributed by atoms with van der Waals surface area (Å²) in [5, 5.41) is 3.12. The van der Waals surface area contributed by atoms with Crippen LogP contribution in [0.15, 0.2) is 0 Å². The van der Waals surface area contributed by atoms with Crippen LogP contribution in [0.1, 0.15) is 27.2 Å². The van der Waals surface area contributed by atoms with Crippen molar-refractivity contribution in [3.63, 3.8) is 0 Å². The lowest BCUT2D eigenvalue weighted by atomic mass is 10.1. The molecule has 0 bridgehead atoms. The average Bonchev–Trinajstić information content (AvgIpc) is 2.56. The molecule has 0 aromatic carbocycles. The predicted octanol–water partition coefficient (Wildman–Crippen LogP) is 0.225. The molecule has 0 aromatic rings. The van der Waals surface area contributed by atoms with Gasteiger partial charge in [0, 0.05) is 12.3 Å². The van der Waals surface area contributed by atoms with Gasteiger partial charge in [0.15, 0.2) is 9.84 Å². The first-order valence-electron chi connectivity index (χ1n) is 6.09. The van der Waals surface area contributed by atoms with Gasteiger partial charge in [0.05, 0.1) is 18.5 Å². The zero-order chi connectivity index (χ0) is 13.1. The van der Waals surface area contributed by atoms with E-state index in [-0.39, 0.29) is 23.6 Å². The fourth-order valence-corrected chi connectivity index (χ4v) is 2.67. The van der Waals surface area contributed by atoms with E-state index < -0.39 is 9.84 Å². The van der Waals surface area contributed by atoms with Crippen LogP contribution in [-0.4, -0.2) is 50.0 Å². The summed E-state index contributed by atoms with van der Waals surface area (Å²) in [5.74, 6) is 0.675. The Bertz CT molecular complexity index is 365. The fraction of sp³-hybridized carbons (Fsp3) is 0.909. The fourth-order valence-electron chi connectivity index (χ4n) is 1.91. The number of rotatable bonds is 6. The van der Waals surface area contributed by atoms with Crippen molar-refractivity contribution in [3.8, 4) is 0 Å². The van der Waals surface area contributed by atoms with E-state index >= 15 is 0 Å². The van der Waals surface area contributed by atoms with E-state index in [1.165, 1.54) is 0 Å². The molecule has 0 aromatic heterocycles. The second-order valence-electron chi connectivity index (χ2n) is 4.85. The van der Waals surface area contributed by atoms with Gasteiger partial charge in [0.25, 0.3) is 0 Å². The van der Waals surface area contributed by atoms with Gasteiger partial charge in [-0.05, 0) is 12.3 Å². The molecule has 0 radical (unpaired) electrons. The molecule has 0 spiro atoms. The summed E-state index contributed by atoms with van der Waals surface area (Å²) in [4.78, 5) is 13.3. The molecule has 1 fully saturated rings. The summed E-state index contributed by atoms with van der Waals surface area (Å²) in [6.45, 7) is 6.44. The standard InChI is InChI=1S/C11H22N2O3S/c1-4-17(15,16)6-5-13-10(7-9(2)3)12-8-11(13)14/h9-10,12H,4-8H2,1-3H3. The Hall–Kier alpha value is -0.620. The lowest BCUT2D eigenvalue weighted by Crippen LogP contribution is -2.41. The molecule has 6 heteroatoms. The Morgan fingerprint density at radius 1 is 1.47 bits per heavy atom. The van der Waals surface area contributed by atoms with E-state index in [0.29, 0.717) is 19.0 Å². The van der Waals surface area contributed by atoms with E-state index in [1.54, 1.807) is 11.8 Å². The van der Waals surface area contributed by atoms with Gasteiger partial charge in [-0.15, -0.1) is 0 Å². The number of sulfone groups is 1. The van der Waals surface area contributed by atoms with Crippen LogP contribution in [0.3, 0.4) is 0 Å². The van der Waals surface area contributed by atoms with Crippen LogP contribution in [-0.2, 0) is 14.6 Å². The highest BCUT2D eigenvalue weighted by Crippen LogP contribution is 2.14. The smallest absolute Gasteiger partial charge is 0.237 e. The largest absolute Gasteiger partial charge is 0.325 e. The van der Waals surface area contributed by atoms with Crippen molar-refractivity contribution in [2.45, 2.75) is 33.4 Å². The molecule has 0 aliphatic carbocycles. The Morgan fingerprint density at radius 3 is 2.65 bits per heavy atom. The highest BCUT2D eigenvalue weighted by Gasteiger charge is 2.31. The first-order valence-corrected chi connectivity index (χ1v) is 7.91. The first kappa shape index (κ1) is 14.4. The second-order valence-corrected chi connectivity index (χ2v) is 7.32. The van der Waals surface area contributed by atoms with Gasteiger partial charge in [-0.2, -0.15) is 0 Å². The summed E-state index contributed by atoms with van der Waals surface area (Å²) in [6.07, 6.45) is 0.854. The third-order valence-corrected chi connectivity index (χ3v) is 4.65. The lowest BCUT2D eigenvalue weighted by Gasteiger charge is -2.25. The maximum Gasteiger partial charge on any atom is 0.237 e. The van der Waals surface area contributed by atoms with Crippen LogP contribution >= 0.6 is 0 Å². The molecule has 17 heavy (non-hydrogen) atoms. The van der Waals surface area contributed by atoms with Gasteiger partial charge in [-0.1, -0.05) is 20.8 Å². The van der Waals surface area contributed by atoms with Crippen molar-refractivity contribution in [1.82, 2.24) is 10.2 Å². The van der Waals surface area contributed by atoms with Gasteiger partial charge < -0.3 is 4.90 Å². The molecular formula is C11H22N2O3S. The summed E-state index contributed by atoms with van der Waals surface area (Å²) >= 11 is 0.